The summed E-state index contributed by atoms with van der Waals surface area (Å²) < 4.78 is 13.4. The minimum atomic E-state index is -0.201. The zero-order valence-corrected chi connectivity index (χ0v) is 15.8. The maximum Gasteiger partial charge on any atom is 0.261 e. The molecule has 28 heavy (non-hydrogen) atoms. The van der Waals surface area contributed by atoms with Crippen LogP contribution in [0.15, 0.2) is 48.5 Å². The molecule has 2 aliphatic rings. The average Bonchev–Trinajstić information content (AvgIpc) is 2.96. The van der Waals surface area contributed by atoms with E-state index in [0.29, 0.717) is 17.7 Å². The van der Waals surface area contributed by atoms with E-state index in [-0.39, 0.29) is 17.6 Å². The highest BCUT2D eigenvalue weighted by atomic mass is 19.1. The molecule has 1 fully saturated rings. The number of piperazine rings is 1. The number of hydrogen-bond acceptors (Lipinski definition) is 4. The molecule has 4 rings (SSSR count). The van der Waals surface area contributed by atoms with Crippen LogP contribution < -0.4 is 4.90 Å². The highest BCUT2D eigenvalue weighted by Gasteiger charge is 2.34. The summed E-state index contributed by atoms with van der Waals surface area (Å²) in [5.41, 5.74) is 1.97. The molecule has 2 aromatic rings. The first-order chi connectivity index (χ1) is 13.6. The number of rotatable bonds is 6. The molecule has 0 spiro atoms. The Kier molecular flexibility index (Phi) is 5.39. The van der Waals surface area contributed by atoms with Gasteiger partial charge >= 0.3 is 0 Å². The maximum absolute atomic E-state index is 13.4. The summed E-state index contributed by atoms with van der Waals surface area (Å²) in [5, 5.41) is 0. The molecular formula is C22H24FN3O2. The molecule has 0 atom stereocenters. The molecular weight excluding hydrogens is 357 g/mol. The maximum atomic E-state index is 13.4. The fourth-order valence-corrected chi connectivity index (χ4v) is 3.95. The predicted octanol–water partition coefficient (Wildman–Crippen LogP) is 3.02. The van der Waals surface area contributed by atoms with Crippen molar-refractivity contribution in [2.75, 3.05) is 44.2 Å². The number of amides is 2. The predicted molar refractivity (Wildman–Crippen MR) is 106 cm³/mol. The Labute approximate surface area is 164 Å². The number of imide groups is 1. The van der Waals surface area contributed by atoms with Gasteiger partial charge in [0.25, 0.3) is 11.8 Å². The van der Waals surface area contributed by atoms with Crippen molar-refractivity contribution in [2.45, 2.75) is 12.8 Å². The first kappa shape index (κ1) is 18.6. The van der Waals surface area contributed by atoms with Crippen LogP contribution in [0.2, 0.25) is 0 Å². The van der Waals surface area contributed by atoms with Gasteiger partial charge < -0.3 is 4.90 Å². The Morgan fingerprint density at radius 3 is 2.07 bits per heavy atom. The third-order valence-electron chi connectivity index (χ3n) is 5.53. The van der Waals surface area contributed by atoms with Crippen LogP contribution in [-0.4, -0.2) is 60.9 Å². The van der Waals surface area contributed by atoms with Gasteiger partial charge in [-0.2, -0.15) is 0 Å². The van der Waals surface area contributed by atoms with Crippen LogP contribution in [0, 0.1) is 5.82 Å². The van der Waals surface area contributed by atoms with E-state index in [4.69, 9.17) is 0 Å². The smallest absolute Gasteiger partial charge is 0.261 e. The van der Waals surface area contributed by atoms with E-state index >= 15 is 0 Å². The van der Waals surface area contributed by atoms with Gasteiger partial charge in [-0.1, -0.05) is 18.2 Å². The van der Waals surface area contributed by atoms with Crippen LogP contribution in [0.5, 0.6) is 0 Å². The number of anilines is 1. The first-order valence-corrected chi connectivity index (χ1v) is 9.81. The van der Waals surface area contributed by atoms with E-state index in [1.165, 1.54) is 11.0 Å². The third kappa shape index (κ3) is 3.78. The van der Waals surface area contributed by atoms with Gasteiger partial charge in [-0.25, -0.2) is 4.39 Å². The summed E-state index contributed by atoms with van der Waals surface area (Å²) in [7, 11) is 0. The van der Waals surface area contributed by atoms with Gasteiger partial charge in [0.1, 0.15) is 5.82 Å². The van der Waals surface area contributed by atoms with Crippen molar-refractivity contribution in [1.82, 2.24) is 9.80 Å². The van der Waals surface area contributed by atoms with Gasteiger partial charge in [-0.05, 0) is 49.7 Å². The second-order valence-corrected chi connectivity index (χ2v) is 7.32. The molecule has 6 heteroatoms. The molecule has 0 aliphatic carbocycles. The van der Waals surface area contributed by atoms with Crippen LogP contribution in [-0.2, 0) is 0 Å². The van der Waals surface area contributed by atoms with Gasteiger partial charge in [-0.15, -0.1) is 0 Å². The monoisotopic (exact) mass is 381 g/mol. The summed E-state index contributed by atoms with van der Waals surface area (Å²) >= 11 is 0. The molecule has 2 amide bonds. The molecule has 2 aliphatic heterocycles. The summed E-state index contributed by atoms with van der Waals surface area (Å²) in [4.78, 5) is 30.7. The van der Waals surface area contributed by atoms with E-state index in [1.807, 2.05) is 6.07 Å². The van der Waals surface area contributed by atoms with Crippen molar-refractivity contribution in [1.29, 1.82) is 0 Å². The molecule has 0 radical (unpaired) electrons. The summed E-state index contributed by atoms with van der Waals surface area (Å²) in [6.45, 7) is 5.03. The highest BCUT2D eigenvalue weighted by molar-refractivity contribution is 6.21. The van der Waals surface area contributed by atoms with Crippen LogP contribution in [0.1, 0.15) is 33.6 Å². The molecule has 2 aromatic carbocycles. The molecule has 0 bridgehead atoms. The van der Waals surface area contributed by atoms with Gasteiger partial charge in [0.2, 0.25) is 0 Å². The largest absolute Gasteiger partial charge is 0.369 e. The molecule has 1 saturated heterocycles. The van der Waals surface area contributed by atoms with E-state index in [9.17, 15) is 14.0 Å². The zero-order valence-electron chi connectivity index (χ0n) is 15.8. The number of fused-ring (bicyclic) bond motifs is 1. The Balaban J connectivity index is 1.20. The zero-order chi connectivity index (χ0) is 19.5. The first-order valence-electron chi connectivity index (χ1n) is 9.81. The lowest BCUT2D eigenvalue weighted by Gasteiger charge is -2.36. The standard InChI is InChI=1S/C22H24FN3O2/c23-17-6-5-7-18(16-17)25-14-12-24(13-15-25)10-3-4-11-26-21(27)19-8-1-2-9-20(19)22(26)28/h1-2,5-9,16H,3-4,10-15H2. The topological polar surface area (TPSA) is 43.9 Å². The molecule has 0 saturated carbocycles. The lowest BCUT2D eigenvalue weighted by Crippen LogP contribution is -2.46. The van der Waals surface area contributed by atoms with Crippen molar-refractivity contribution in [3.63, 3.8) is 0 Å². The minimum absolute atomic E-state index is 0.177. The summed E-state index contributed by atoms with van der Waals surface area (Å²) in [6.07, 6.45) is 1.74. The summed E-state index contributed by atoms with van der Waals surface area (Å²) in [6, 6.07) is 13.7. The van der Waals surface area contributed by atoms with E-state index < -0.39 is 0 Å². The van der Waals surface area contributed by atoms with Gasteiger partial charge in [-0.3, -0.25) is 19.4 Å². The van der Waals surface area contributed by atoms with Gasteiger partial charge in [0.15, 0.2) is 0 Å². The van der Waals surface area contributed by atoms with Crippen LogP contribution in [0.25, 0.3) is 0 Å². The number of nitrogens with zero attached hydrogens (tertiary/aromatic N) is 3. The SMILES string of the molecule is O=C1c2ccccc2C(=O)N1CCCCN1CCN(c2cccc(F)c2)CC1. The molecule has 146 valence electrons. The fourth-order valence-electron chi connectivity index (χ4n) is 3.95. The van der Waals surface area contributed by atoms with Crippen molar-refractivity contribution < 1.29 is 14.0 Å². The van der Waals surface area contributed by atoms with Crippen LogP contribution in [0.3, 0.4) is 0 Å². The molecule has 0 unspecified atom stereocenters. The number of benzene rings is 2. The van der Waals surface area contributed by atoms with Crippen molar-refractivity contribution in [3.05, 3.63) is 65.5 Å². The molecule has 2 heterocycles. The average molecular weight is 381 g/mol. The van der Waals surface area contributed by atoms with Gasteiger partial charge in [0.05, 0.1) is 11.1 Å². The molecule has 5 nitrogen and oxygen atoms in total. The Morgan fingerprint density at radius 2 is 1.43 bits per heavy atom. The second-order valence-electron chi connectivity index (χ2n) is 7.32. The van der Waals surface area contributed by atoms with Crippen LogP contribution in [0.4, 0.5) is 10.1 Å². The highest BCUT2D eigenvalue weighted by Crippen LogP contribution is 2.23. The molecule has 0 aromatic heterocycles. The second kappa shape index (κ2) is 8.10. The quantitative estimate of drug-likeness (QED) is 0.570. The van der Waals surface area contributed by atoms with E-state index in [1.54, 1.807) is 36.4 Å². The Hall–Kier alpha value is -2.73. The number of carbonyl (C=O) groups excluding carboxylic acids is 2. The number of carbonyl (C=O) groups is 2. The fraction of sp³-hybridized carbons (Fsp3) is 0.364. The Morgan fingerprint density at radius 1 is 0.786 bits per heavy atom. The minimum Gasteiger partial charge on any atom is -0.369 e. The number of hydrogen-bond donors (Lipinski definition) is 0. The van der Waals surface area contributed by atoms with E-state index in [0.717, 1.165) is 51.3 Å². The van der Waals surface area contributed by atoms with Crippen molar-refractivity contribution >= 4 is 17.5 Å². The summed E-state index contributed by atoms with van der Waals surface area (Å²) in [5.74, 6) is -0.554. The lowest BCUT2D eigenvalue weighted by atomic mass is 10.1. The number of unbranched alkanes of at least 4 members (excludes halogenated alkanes) is 1. The van der Waals surface area contributed by atoms with Crippen LogP contribution >= 0.6 is 0 Å². The molecule has 0 N–H and O–H groups in total. The normalized spacial score (nSPS) is 17.3. The van der Waals surface area contributed by atoms with Crippen molar-refractivity contribution in [3.8, 4) is 0 Å². The lowest BCUT2D eigenvalue weighted by molar-refractivity contribution is 0.0650. The third-order valence-corrected chi connectivity index (χ3v) is 5.53. The van der Waals surface area contributed by atoms with Crippen molar-refractivity contribution in [2.24, 2.45) is 0 Å². The Bertz CT molecular complexity index is 843. The van der Waals surface area contributed by atoms with E-state index in [2.05, 4.69) is 9.80 Å². The number of halogens is 1. The van der Waals surface area contributed by atoms with Gasteiger partial charge in [0, 0.05) is 38.4 Å².